The number of hydrogen-bond acceptors (Lipinski definition) is 5. The van der Waals surface area contributed by atoms with E-state index in [-0.39, 0.29) is 27.9 Å². The van der Waals surface area contributed by atoms with Gasteiger partial charge in [-0.25, -0.2) is 0 Å². The minimum atomic E-state index is -0.768. The summed E-state index contributed by atoms with van der Waals surface area (Å²) >= 11 is 11.6. The number of nitro benzene ring substituents is 1. The lowest BCUT2D eigenvalue weighted by Gasteiger charge is -2.23. The quantitative estimate of drug-likeness (QED) is 0.616. The first-order valence-corrected chi connectivity index (χ1v) is 7.05. The zero-order valence-electron chi connectivity index (χ0n) is 12.0. The Morgan fingerprint density at radius 3 is 2.57 bits per heavy atom. The largest absolute Gasteiger partial charge is 0.489 e. The van der Waals surface area contributed by atoms with Gasteiger partial charge >= 0.3 is 5.69 Å². The molecule has 0 saturated heterocycles. The summed E-state index contributed by atoms with van der Waals surface area (Å²) in [5, 5.41) is 23.6. The number of aliphatic hydroxyl groups excluding tert-OH is 1. The summed E-state index contributed by atoms with van der Waals surface area (Å²) in [6.07, 6.45) is -0.768. The van der Waals surface area contributed by atoms with E-state index in [0.717, 1.165) is 0 Å². The van der Waals surface area contributed by atoms with Crippen LogP contribution in [0.3, 0.4) is 0 Å². The molecule has 1 atom stereocenters. The van der Waals surface area contributed by atoms with E-state index in [1.165, 1.54) is 12.1 Å². The van der Waals surface area contributed by atoms with Crippen molar-refractivity contribution in [2.75, 3.05) is 13.2 Å². The highest BCUT2D eigenvalue weighted by atomic mass is 35.5. The molecule has 0 radical (unpaired) electrons. The van der Waals surface area contributed by atoms with Crippen LogP contribution in [0.1, 0.15) is 20.8 Å². The Kier molecular flexibility index (Phi) is 6.22. The fraction of sp³-hybridized carbons (Fsp3) is 0.538. The summed E-state index contributed by atoms with van der Waals surface area (Å²) in [4.78, 5) is 10.2. The first-order valence-electron chi connectivity index (χ1n) is 6.30. The van der Waals surface area contributed by atoms with Crippen molar-refractivity contribution in [1.82, 2.24) is 5.32 Å². The molecular weight excluding hydrogens is 319 g/mol. The van der Waals surface area contributed by atoms with Crippen LogP contribution in [0.5, 0.6) is 5.75 Å². The molecular formula is C13H18Cl2N2O4. The highest BCUT2D eigenvalue weighted by Crippen LogP contribution is 2.39. The number of hydrogen-bond donors (Lipinski definition) is 2. The third-order valence-corrected chi connectivity index (χ3v) is 3.18. The fourth-order valence-electron chi connectivity index (χ4n) is 1.47. The van der Waals surface area contributed by atoms with Crippen LogP contribution in [-0.2, 0) is 0 Å². The van der Waals surface area contributed by atoms with Gasteiger partial charge in [-0.3, -0.25) is 10.1 Å². The van der Waals surface area contributed by atoms with Gasteiger partial charge < -0.3 is 15.2 Å². The molecule has 21 heavy (non-hydrogen) atoms. The number of β-amino-alcohol motifs (C(OH)–C–C–N with tert-alkyl or cyclic N) is 1. The number of nitrogens with zero attached hydrogens (tertiary/aromatic N) is 1. The van der Waals surface area contributed by atoms with E-state index < -0.39 is 16.7 Å². The van der Waals surface area contributed by atoms with Crippen molar-refractivity contribution in [2.24, 2.45) is 0 Å². The Bertz CT molecular complexity index is 518. The normalized spacial score (nSPS) is 13.0. The van der Waals surface area contributed by atoms with Crippen molar-refractivity contribution in [3.8, 4) is 5.75 Å². The molecule has 0 aliphatic carbocycles. The van der Waals surface area contributed by atoms with Gasteiger partial charge in [-0.1, -0.05) is 23.2 Å². The van der Waals surface area contributed by atoms with Crippen LogP contribution in [0.2, 0.25) is 10.0 Å². The van der Waals surface area contributed by atoms with Gasteiger partial charge in [-0.15, -0.1) is 0 Å². The van der Waals surface area contributed by atoms with Crippen LogP contribution in [0, 0.1) is 10.1 Å². The van der Waals surface area contributed by atoms with Crippen LogP contribution < -0.4 is 10.1 Å². The molecule has 1 unspecified atom stereocenters. The van der Waals surface area contributed by atoms with E-state index >= 15 is 0 Å². The molecule has 0 fully saturated rings. The van der Waals surface area contributed by atoms with Gasteiger partial charge in [0.15, 0.2) is 5.02 Å². The molecule has 0 bridgehead atoms. The summed E-state index contributed by atoms with van der Waals surface area (Å²) in [5.41, 5.74) is -0.532. The maximum absolute atomic E-state index is 10.9. The fourth-order valence-corrected chi connectivity index (χ4v) is 2.03. The van der Waals surface area contributed by atoms with Crippen molar-refractivity contribution >= 4 is 28.9 Å². The lowest BCUT2D eigenvalue weighted by molar-refractivity contribution is -0.384. The molecule has 2 N–H and O–H groups in total. The molecule has 118 valence electrons. The Balaban J connectivity index is 2.68. The Hall–Kier alpha value is -1.08. The topological polar surface area (TPSA) is 84.6 Å². The van der Waals surface area contributed by atoms with Crippen LogP contribution >= 0.6 is 23.2 Å². The standard InChI is InChI=1S/C13H18Cl2N2O4/c1-13(2,3)16-6-8(18)7-21-10-5-4-9(14)12(11(10)15)17(19)20/h4-5,8,16,18H,6-7H2,1-3H3. The first kappa shape index (κ1) is 18.0. The molecule has 6 nitrogen and oxygen atoms in total. The number of nitro groups is 1. The van der Waals surface area contributed by atoms with Gasteiger partial charge in [0.05, 0.1) is 4.92 Å². The average molecular weight is 337 g/mol. The molecule has 1 rings (SSSR count). The monoisotopic (exact) mass is 336 g/mol. The molecule has 0 amide bonds. The number of aliphatic hydroxyl groups is 1. The summed E-state index contributed by atoms with van der Waals surface area (Å²) in [5.74, 6) is 0.113. The minimum Gasteiger partial charge on any atom is -0.489 e. The summed E-state index contributed by atoms with van der Waals surface area (Å²) in [7, 11) is 0. The van der Waals surface area contributed by atoms with Crippen LogP contribution in [-0.4, -0.2) is 34.8 Å². The zero-order chi connectivity index (χ0) is 16.2. The van der Waals surface area contributed by atoms with Crippen LogP contribution in [0.4, 0.5) is 5.69 Å². The lowest BCUT2D eigenvalue weighted by atomic mass is 10.1. The maximum atomic E-state index is 10.9. The van der Waals surface area contributed by atoms with Gasteiger partial charge in [0.1, 0.15) is 23.5 Å². The second-order valence-electron chi connectivity index (χ2n) is 5.56. The molecule has 0 spiro atoms. The molecule has 0 aliphatic rings. The highest BCUT2D eigenvalue weighted by Gasteiger charge is 2.22. The smallest absolute Gasteiger partial charge is 0.310 e. The number of nitrogens with one attached hydrogen (secondary N) is 1. The summed E-state index contributed by atoms with van der Waals surface area (Å²) in [6, 6.07) is 2.77. The average Bonchev–Trinajstić information content (AvgIpc) is 2.34. The number of ether oxygens (including phenoxy) is 1. The van der Waals surface area contributed by atoms with Gasteiger partial charge in [0.25, 0.3) is 0 Å². The molecule has 0 saturated carbocycles. The third-order valence-electron chi connectivity index (χ3n) is 2.51. The van der Waals surface area contributed by atoms with E-state index in [9.17, 15) is 15.2 Å². The number of rotatable bonds is 6. The van der Waals surface area contributed by atoms with E-state index in [1.807, 2.05) is 20.8 Å². The molecule has 1 aromatic carbocycles. The van der Waals surface area contributed by atoms with E-state index in [2.05, 4.69) is 5.32 Å². The van der Waals surface area contributed by atoms with E-state index in [4.69, 9.17) is 27.9 Å². The van der Waals surface area contributed by atoms with Crippen molar-refractivity contribution in [2.45, 2.75) is 32.4 Å². The van der Waals surface area contributed by atoms with Gasteiger partial charge in [-0.05, 0) is 32.9 Å². The molecule has 0 aromatic heterocycles. The summed E-state index contributed by atoms with van der Waals surface area (Å²) < 4.78 is 5.32. The molecule has 0 heterocycles. The van der Waals surface area contributed by atoms with Crippen molar-refractivity contribution in [1.29, 1.82) is 0 Å². The molecule has 8 heteroatoms. The summed E-state index contributed by atoms with van der Waals surface area (Å²) in [6.45, 7) is 6.21. The van der Waals surface area contributed by atoms with Crippen molar-refractivity contribution < 1.29 is 14.8 Å². The second-order valence-corrected chi connectivity index (χ2v) is 6.35. The van der Waals surface area contributed by atoms with Crippen molar-refractivity contribution in [3.63, 3.8) is 0 Å². The Morgan fingerprint density at radius 2 is 2.05 bits per heavy atom. The highest BCUT2D eigenvalue weighted by molar-refractivity contribution is 6.39. The maximum Gasteiger partial charge on any atom is 0.310 e. The van der Waals surface area contributed by atoms with Crippen LogP contribution in [0.25, 0.3) is 0 Å². The Morgan fingerprint density at radius 1 is 1.43 bits per heavy atom. The van der Waals surface area contributed by atoms with E-state index in [0.29, 0.717) is 6.54 Å². The lowest BCUT2D eigenvalue weighted by Crippen LogP contribution is -2.42. The molecule has 0 aliphatic heterocycles. The predicted octanol–water partition coefficient (Wildman–Crippen LogP) is 3.03. The minimum absolute atomic E-state index is 0.0401. The Labute approximate surface area is 133 Å². The van der Waals surface area contributed by atoms with Gasteiger partial charge in [0.2, 0.25) is 0 Å². The molecule has 1 aromatic rings. The van der Waals surface area contributed by atoms with Gasteiger partial charge in [0, 0.05) is 12.1 Å². The van der Waals surface area contributed by atoms with Crippen LogP contribution in [0.15, 0.2) is 12.1 Å². The number of halogens is 2. The first-order chi connectivity index (χ1) is 9.61. The SMILES string of the molecule is CC(C)(C)NCC(O)COc1ccc(Cl)c([N+](=O)[O-])c1Cl. The zero-order valence-corrected chi connectivity index (χ0v) is 13.5. The van der Waals surface area contributed by atoms with E-state index in [1.54, 1.807) is 0 Å². The van der Waals surface area contributed by atoms with Gasteiger partial charge in [-0.2, -0.15) is 0 Å². The predicted molar refractivity (Wildman–Crippen MR) is 82.4 cm³/mol. The third kappa shape index (κ3) is 5.67. The second kappa shape index (κ2) is 7.26. The van der Waals surface area contributed by atoms with Crippen molar-refractivity contribution in [3.05, 3.63) is 32.3 Å². The number of benzene rings is 1.